The van der Waals surface area contributed by atoms with E-state index in [1.807, 2.05) is 13.8 Å². The normalized spacial score (nSPS) is 11.2. The maximum absolute atomic E-state index is 11.4. The van der Waals surface area contributed by atoms with E-state index in [1.165, 1.54) is 0 Å². The molecule has 0 amide bonds. The van der Waals surface area contributed by atoms with Gasteiger partial charge in [0, 0.05) is 6.42 Å². The average Bonchev–Trinajstić information content (AvgIpc) is 2.10. The maximum atomic E-state index is 11.4. The van der Waals surface area contributed by atoms with Crippen LogP contribution < -0.4 is 0 Å². The van der Waals surface area contributed by atoms with E-state index < -0.39 is 0 Å². The van der Waals surface area contributed by atoms with Gasteiger partial charge in [-0.2, -0.15) is 0 Å². The quantitative estimate of drug-likeness (QED) is 0.611. The molecular weight excluding hydrogens is 164 g/mol. The molecule has 0 saturated carbocycles. The molecule has 0 rings (SSSR count). The Labute approximate surface area is 81.7 Å². The molecule has 0 unspecified atom stereocenters. The van der Waals surface area contributed by atoms with Gasteiger partial charge < -0.3 is 4.74 Å². The summed E-state index contributed by atoms with van der Waals surface area (Å²) in [5.41, 5.74) is 0. The van der Waals surface area contributed by atoms with Gasteiger partial charge in [-0.25, -0.2) is 0 Å². The monoisotopic (exact) mass is 186 g/mol. The summed E-state index contributed by atoms with van der Waals surface area (Å²) in [5, 5.41) is 0. The summed E-state index contributed by atoms with van der Waals surface area (Å²) in [6.45, 7) is 8.44. The van der Waals surface area contributed by atoms with Crippen molar-refractivity contribution in [2.45, 2.75) is 53.1 Å². The molecule has 0 bridgehead atoms. The Morgan fingerprint density at radius 1 is 1.23 bits per heavy atom. The topological polar surface area (TPSA) is 26.3 Å². The second kappa shape index (κ2) is 7.07. The molecule has 2 nitrogen and oxygen atoms in total. The molecule has 0 radical (unpaired) electrons. The maximum Gasteiger partial charge on any atom is 0.158 e. The lowest BCUT2D eigenvalue weighted by Gasteiger charge is -2.12. The molecule has 0 aromatic heterocycles. The lowest BCUT2D eigenvalue weighted by molar-refractivity contribution is -0.125. The summed E-state index contributed by atoms with van der Waals surface area (Å²) in [5.74, 6) is 0.783. The third-order valence-electron chi connectivity index (χ3n) is 2.25. The van der Waals surface area contributed by atoms with Crippen LogP contribution >= 0.6 is 0 Å². The van der Waals surface area contributed by atoms with Crippen molar-refractivity contribution in [1.29, 1.82) is 0 Å². The summed E-state index contributed by atoms with van der Waals surface area (Å²) in [4.78, 5) is 11.4. The standard InChI is InChI=1S/C11H22O2/c1-5-10(6-2)7-11(12)8-13-9(3)4/h9-10H,5-8H2,1-4H3. The SMILES string of the molecule is CCC(CC)CC(=O)COC(C)C. The lowest BCUT2D eigenvalue weighted by atomic mass is 9.97. The zero-order valence-electron chi connectivity index (χ0n) is 9.30. The van der Waals surface area contributed by atoms with Gasteiger partial charge >= 0.3 is 0 Å². The van der Waals surface area contributed by atoms with Crippen molar-refractivity contribution in [3.8, 4) is 0 Å². The third-order valence-corrected chi connectivity index (χ3v) is 2.25. The first-order valence-corrected chi connectivity index (χ1v) is 5.23. The molecule has 78 valence electrons. The van der Waals surface area contributed by atoms with Gasteiger partial charge in [0.2, 0.25) is 0 Å². The van der Waals surface area contributed by atoms with Crippen LogP contribution in [-0.4, -0.2) is 18.5 Å². The molecule has 0 aromatic carbocycles. The summed E-state index contributed by atoms with van der Waals surface area (Å²) < 4.78 is 5.24. The molecule has 0 fully saturated rings. The van der Waals surface area contributed by atoms with Gasteiger partial charge in [-0.1, -0.05) is 26.7 Å². The van der Waals surface area contributed by atoms with Crippen LogP contribution in [0.25, 0.3) is 0 Å². The smallest absolute Gasteiger partial charge is 0.158 e. The molecule has 0 N–H and O–H groups in total. The number of hydrogen-bond donors (Lipinski definition) is 0. The van der Waals surface area contributed by atoms with E-state index in [2.05, 4.69) is 13.8 Å². The highest BCUT2D eigenvalue weighted by Gasteiger charge is 2.10. The lowest BCUT2D eigenvalue weighted by Crippen LogP contribution is -2.16. The van der Waals surface area contributed by atoms with Gasteiger partial charge in [-0.05, 0) is 19.8 Å². The van der Waals surface area contributed by atoms with E-state index in [1.54, 1.807) is 0 Å². The highest BCUT2D eigenvalue weighted by molar-refractivity contribution is 5.79. The Kier molecular flexibility index (Phi) is 6.87. The van der Waals surface area contributed by atoms with Crippen molar-refractivity contribution in [2.24, 2.45) is 5.92 Å². The van der Waals surface area contributed by atoms with Crippen LogP contribution in [0.15, 0.2) is 0 Å². The minimum Gasteiger partial charge on any atom is -0.371 e. The largest absolute Gasteiger partial charge is 0.371 e. The molecule has 0 aliphatic rings. The number of rotatable bonds is 7. The summed E-state index contributed by atoms with van der Waals surface area (Å²) in [7, 11) is 0. The summed E-state index contributed by atoms with van der Waals surface area (Å²) in [6.07, 6.45) is 3.01. The van der Waals surface area contributed by atoms with Crippen LogP contribution in [0.2, 0.25) is 0 Å². The van der Waals surface area contributed by atoms with Gasteiger partial charge in [0.1, 0.15) is 6.61 Å². The molecule has 0 saturated heterocycles. The van der Waals surface area contributed by atoms with Crippen LogP contribution in [-0.2, 0) is 9.53 Å². The Morgan fingerprint density at radius 3 is 2.15 bits per heavy atom. The highest BCUT2D eigenvalue weighted by Crippen LogP contribution is 2.12. The van der Waals surface area contributed by atoms with Crippen molar-refractivity contribution in [2.75, 3.05) is 6.61 Å². The summed E-state index contributed by atoms with van der Waals surface area (Å²) >= 11 is 0. The molecule has 0 atom stereocenters. The Balaban J connectivity index is 3.60. The van der Waals surface area contributed by atoms with E-state index >= 15 is 0 Å². The van der Waals surface area contributed by atoms with Crippen LogP contribution in [0.4, 0.5) is 0 Å². The average molecular weight is 186 g/mol. The first kappa shape index (κ1) is 12.6. The van der Waals surface area contributed by atoms with Crippen molar-refractivity contribution >= 4 is 5.78 Å². The predicted octanol–water partition coefficient (Wildman–Crippen LogP) is 2.81. The van der Waals surface area contributed by atoms with Crippen molar-refractivity contribution < 1.29 is 9.53 Å². The Bertz CT molecular complexity index is 137. The number of ketones is 1. The number of carbonyl (C=O) groups excluding carboxylic acids is 1. The second-order valence-electron chi connectivity index (χ2n) is 3.79. The number of hydrogen-bond acceptors (Lipinski definition) is 2. The van der Waals surface area contributed by atoms with Crippen LogP contribution in [0.3, 0.4) is 0 Å². The molecule has 0 aliphatic heterocycles. The van der Waals surface area contributed by atoms with E-state index in [0.717, 1.165) is 12.8 Å². The van der Waals surface area contributed by atoms with Gasteiger partial charge in [-0.15, -0.1) is 0 Å². The van der Waals surface area contributed by atoms with Gasteiger partial charge in [0.15, 0.2) is 5.78 Å². The van der Waals surface area contributed by atoms with Crippen LogP contribution in [0.1, 0.15) is 47.0 Å². The number of Topliss-reactive ketones (excluding diaryl/α,β-unsaturated/α-hetero) is 1. The fourth-order valence-corrected chi connectivity index (χ4v) is 1.22. The van der Waals surface area contributed by atoms with Crippen molar-refractivity contribution in [1.82, 2.24) is 0 Å². The third kappa shape index (κ3) is 6.76. The molecule has 0 spiro atoms. The minimum atomic E-state index is 0.158. The van der Waals surface area contributed by atoms with E-state index in [0.29, 0.717) is 12.3 Å². The molecule has 0 heterocycles. The van der Waals surface area contributed by atoms with E-state index in [-0.39, 0.29) is 18.5 Å². The van der Waals surface area contributed by atoms with Crippen LogP contribution in [0.5, 0.6) is 0 Å². The second-order valence-corrected chi connectivity index (χ2v) is 3.79. The molecular formula is C11H22O2. The van der Waals surface area contributed by atoms with Gasteiger partial charge in [0.25, 0.3) is 0 Å². The minimum absolute atomic E-state index is 0.158. The van der Waals surface area contributed by atoms with Crippen molar-refractivity contribution in [3.05, 3.63) is 0 Å². The predicted molar refractivity (Wildman–Crippen MR) is 54.8 cm³/mol. The molecule has 13 heavy (non-hydrogen) atoms. The molecule has 0 aliphatic carbocycles. The number of ether oxygens (including phenoxy) is 1. The van der Waals surface area contributed by atoms with E-state index in [9.17, 15) is 4.79 Å². The van der Waals surface area contributed by atoms with Crippen LogP contribution in [0, 0.1) is 5.92 Å². The fourth-order valence-electron chi connectivity index (χ4n) is 1.22. The first-order valence-electron chi connectivity index (χ1n) is 5.23. The Morgan fingerprint density at radius 2 is 1.77 bits per heavy atom. The first-order chi connectivity index (χ1) is 6.10. The van der Waals surface area contributed by atoms with E-state index in [4.69, 9.17) is 4.74 Å². The number of carbonyl (C=O) groups is 1. The molecule has 2 heteroatoms. The summed E-state index contributed by atoms with van der Waals surface area (Å²) in [6, 6.07) is 0. The highest BCUT2D eigenvalue weighted by atomic mass is 16.5. The zero-order valence-corrected chi connectivity index (χ0v) is 9.30. The van der Waals surface area contributed by atoms with Gasteiger partial charge in [0.05, 0.1) is 6.10 Å². The van der Waals surface area contributed by atoms with Crippen molar-refractivity contribution in [3.63, 3.8) is 0 Å². The van der Waals surface area contributed by atoms with Gasteiger partial charge in [-0.3, -0.25) is 4.79 Å². The Hall–Kier alpha value is -0.370. The zero-order chi connectivity index (χ0) is 10.3. The fraction of sp³-hybridized carbons (Fsp3) is 0.909. The molecule has 0 aromatic rings.